The molecule has 1 heterocycles. The zero-order chi connectivity index (χ0) is 14.6. The predicted molar refractivity (Wildman–Crippen MR) is 82.5 cm³/mol. The van der Waals surface area contributed by atoms with Crippen LogP contribution in [0.4, 0.5) is 0 Å². The molecule has 0 aliphatic carbocycles. The summed E-state index contributed by atoms with van der Waals surface area (Å²) in [7, 11) is 0. The highest BCUT2D eigenvalue weighted by Gasteiger charge is 2.32. The van der Waals surface area contributed by atoms with Crippen LogP contribution in [0, 0.1) is 0 Å². The van der Waals surface area contributed by atoms with Gasteiger partial charge in [0.1, 0.15) is 12.4 Å². The van der Waals surface area contributed by atoms with Crippen LogP contribution in [0.1, 0.15) is 39.2 Å². The second-order valence-electron chi connectivity index (χ2n) is 5.85. The molecule has 1 atom stereocenters. The summed E-state index contributed by atoms with van der Waals surface area (Å²) < 4.78 is 11.9. The number of hydrogen-bond acceptors (Lipinski definition) is 3. The Morgan fingerprint density at radius 3 is 2.90 bits per heavy atom. The van der Waals surface area contributed by atoms with Gasteiger partial charge in [-0.05, 0) is 45.4 Å². The molecule has 1 aliphatic heterocycles. The van der Waals surface area contributed by atoms with Gasteiger partial charge in [0.15, 0.2) is 0 Å². The van der Waals surface area contributed by atoms with Crippen molar-refractivity contribution in [2.45, 2.75) is 51.9 Å². The first kappa shape index (κ1) is 15.6. The molecule has 0 saturated carbocycles. The van der Waals surface area contributed by atoms with Crippen molar-refractivity contribution < 1.29 is 9.47 Å². The summed E-state index contributed by atoms with van der Waals surface area (Å²) in [6, 6.07) is 5.79. The predicted octanol–water partition coefficient (Wildman–Crippen LogP) is 3.79. The molecule has 1 aromatic carbocycles. The van der Waals surface area contributed by atoms with Crippen molar-refractivity contribution >= 4 is 11.6 Å². The Bertz CT molecular complexity index is 448. The molecule has 1 aromatic rings. The summed E-state index contributed by atoms with van der Waals surface area (Å²) in [4.78, 5) is 0. The van der Waals surface area contributed by atoms with Gasteiger partial charge in [0, 0.05) is 17.1 Å². The topological polar surface area (TPSA) is 30.5 Å². The van der Waals surface area contributed by atoms with E-state index < -0.39 is 0 Å². The average molecular weight is 298 g/mol. The maximum absolute atomic E-state index is 6.25. The van der Waals surface area contributed by atoms with Crippen LogP contribution in [0.3, 0.4) is 0 Å². The summed E-state index contributed by atoms with van der Waals surface area (Å²) in [5, 5.41) is 4.04. The van der Waals surface area contributed by atoms with Gasteiger partial charge in [-0.15, -0.1) is 0 Å². The summed E-state index contributed by atoms with van der Waals surface area (Å²) in [6.07, 6.45) is 2.31. The van der Waals surface area contributed by atoms with Crippen LogP contribution in [-0.2, 0) is 11.3 Å². The van der Waals surface area contributed by atoms with E-state index in [9.17, 15) is 0 Å². The second-order valence-corrected chi connectivity index (χ2v) is 6.25. The van der Waals surface area contributed by atoms with E-state index in [1.807, 2.05) is 18.2 Å². The van der Waals surface area contributed by atoms with Crippen LogP contribution in [0.25, 0.3) is 0 Å². The lowest BCUT2D eigenvalue weighted by atomic mass is 10.1. The Kier molecular flexibility index (Phi) is 5.30. The molecule has 1 N–H and O–H groups in total. The standard InChI is InChI=1S/C16H24ClNO2/c1-4-18-10-13-14(17)6-5-7-15(13)19-11-12-8-9-16(2,3)20-12/h5-7,12,18H,4,8-11H2,1-3H3. The molecule has 112 valence electrons. The molecule has 4 heteroatoms. The first-order valence-corrected chi connectivity index (χ1v) is 7.68. The Morgan fingerprint density at radius 1 is 1.45 bits per heavy atom. The fraction of sp³-hybridized carbons (Fsp3) is 0.625. The fourth-order valence-corrected chi connectivity index (χ4v) is 2.71. The third-order valence-corrected chi connectivity index (χ3v) is 3.96. The highest BCUT2D eigenvalue weighted by atomic mass is 35.5. The van der Waals surface area contributed by atoms with Gasteiger partial charge in [0.25, 0.3) is 0 Å². The number of benzene rings is 1. The summed E-state index contributed by atoms with van der Waals surface area (Å²) in [5.41, 5.74) is 1.00. The normalized spacial score (nSPS) is 21.1. The molecule has 1 saturated heterocycles. The van der Waals surface area contributed by atoms with Gasteiger partial charge in [-0.3, -0.25) is 0 Å². The highest BCUT2D eigenvalue weighted by Crippen LogP contribution is 2.31. The SMILES string of the molecule is CCNCc1c(Cl)cccc1OCC1CCC(C)(C)O1. The van der Waals surface area contributed by atoms with Crippen LogP contribution in [-0.4, -0.2) is 24.9 Å². The van der Waals surface area contributed by atoms with E-state index in [2.05, 4.69) is 26.1 Å². The van der Waals surface area contributed by atoms with Gasteiger partial charge < -0.3 is 14.8 Å². The largest absolute Gasteiger partial charge is 0.490 e. The van der Waals surface area contributed by atoms with Gasteiger partial charge in [-0.25, -0.2) is 0 Å². The zero-order valence-electron chi connectivity index (χ0n) is 12.5. The quantitative estimate of drug-likeness (QED) is 0.866. The van der Waals surface area contributed by atoms with Gasteiger partial charge in [0.05, 0.1) is 11.7 Å². The van der Waals surface area contributed by atoms with Crippen LogP contribution in [0.2, 0.25) is 5.02 Å². The zero-order valence-corrected chi connectivity index (χ0v) is 13.3. The summed E-state index contributed by atoms with van der Waals surface area (Å²) >= 11 is 6.25. The lowest BCUT2D eigenvalue weighted by Crippen LogP contribution is -2.24. The maximum atomic E-state index is 6.25. The number of ether oxygens (including phenoxy) is 2. The lowest BCUT2D eigenvalue weighted by molar-refractivity contribution is -0.0327. The molecular formula is C16H24ClNO2. The third kappa shape index (κ3) is 4.11. The van der Waals surface area contributed by atoms with Crippen LogP contribution < -0.4 is 10.1 Å². The number of rotatable bonds is 6. The first-order valence-electron chi connectivity index (χ1n) is 7.30. The van der Waals surface area contributed by atoms with Crippen molar-refractivity contribution in [2.24, 2.45) is 0 Å². The van der Waals surface area contributed by atoms with Crippen molar-refractivity contribution in [3.63, 3.8) is 0 Å². The van der Waals surface area contributed by atoms with E-state index >= 15 is 0 Å². The summed E-state index contributed by atoms with van der Waals surface area (Å²) in [6.45, 7) is 8.55. The third-order valence-electron chi connectivity index (χ3n) is 3.61. The molecule has 1 aliphatic rings. The van der Waals surface area contributed by atoms with Crippen LogP contribution >= 0.6 is 11.6 Å². The minimum atomic E-state index is -0.0189. The Morgan fingerprint density at radius 2 is 2.25 bits per heavy atom. The monoisotopic (exact) mass is 297 g/mol. The van der Waals surface area contributed by atoms with Crippen molar-refractivity contribution in [3.8, 4) is 5.75 Å². The van der Waals surface area contributed by atoms with Crippen LogP contribution in [0.5, 0.6) is 5.75 Å². The molecule has 0 bridgehead atoms. The van der Waals surface area contributed by atoms with Crippen LogP contribution in [0.15, 0.2) is 18.2 Å². The molecule has 0 spiro atoms. The fourth-order valence-electron chi connectivity index (χ4n) is 2.47. The van der Waals surface area contributed by atoms with E-state index in [4.69, 9.17) is 21.1 Å². The second kappa shape index (κ2) is 6.79. The number of halogens is 1. The van der Waals surface area contributed by atoms with E-state index in [-0.39, 0.29) is 11.7 Å². The molecule has 1 unspecified atom stereocenters. The number of nitrogens with one attached hydrogen (secondary N) is 1. The van der Waals surface area contributed by atoms with Gasteiger partial charge >= 0.3 is 0 Å². The number of hydrogen-bond donors (Lipinski definition) is 1. The molecular weight excluding hydrogens is 274 g/mol. The van der Waals surface area contributed by atoms with E-state index in [1.54, 1.807) is 0 Å². The van der Waals surface area contributed by atoms with Crippen molar-refractivity contribution in [1.29, 1.82) is 0 Å². The van der Waals surface area contributed by atoms with Crippen molar-refractivity contribution in [1.82, 2.24) is 5.32 Å². The Balaban J connectivity index is 1.97. The molecule has 2 rings (SSSR count). The molecule has 1 fully saturated rings. The smallest absolute Gasteiger partial charge is 0.125 e. The van der Waals surface area contributed by atoms with Crippen molar-refractivity contribution in [3.05, 3.63) is 28.8 Å². The van der Waals surface area contributed by atoms with E-state index in [1.165, 1.54) is 0 Å². The molecule has 3 nitrogen and oxygen atoms in total. The lowest BCUT2D eigenvalue weighted by Gasteiger charge is -2.20. The van der Waals surface area contributed by atoms with Crippen molar-refractivity contribution in [2.75, 3.05) is 13.2 Å². The van der Waals surface area contributed by atoms with E-state index in [0.717, 1.165) is 42.3 Å². The molecule has 0 aromatic heterocycles. The molecule has 0 amide bonds. The first-order chi connectivity index (χ1) is 9.52. The minimum Gasteiger partial charge on any atom is -0.490 e. The minimum absolute atomic E-state index is 0.0189. The highest BCUT2D eigenvalue weighted by molar-refractivity contribution is 6.31. The van der Waals surface area contributed by atoms with Gasteiger partial charge in [0.2, 0.25) is 0 Å². The molecule has 0 radical (unpaired) electrons. The maximum Gasteiger partial charge on any atom is 0.125 e. The molecule has 20 heavy (non-hydrogen) atoms. The summed E-state index contributed by atoms with van der Waals surface area (Å²) in [5.74, 6) is 0.853. The Labute approximate surface area is 126 Å². The van der Waals surface area contributed by atoms with Gasteiger partial charge in [-0.2, -0.15) is 0 Å². The van der Waals surface area contributed by atoms with E-state index in [0.29, 0.717) is 6.61 Å². The Hall–Kier alpha value is -0.770. The van der Waals surface area contributed by atoms with Gasteiger partial charge in [-0.1, -0.05) is 24.6 Å². The average Bonchev–Trinajstić information content (AvgIpc) is 2.75.